The molecule has 0 radical (unpaired) electrons. The van der Waals surface area contributed by atoms with Crippen LogP contribution < -0.4 is 9.62 Å². The standard InChI is InChI=1S/C27H36F3N3O4S/c1-6-20(3)31-26(35)21(4)32(18-22-14-12-19(2)13-15-22)25(34)11-8-16-33(38(5,36)37)24-10-7-9-23(17-24)27(28,29)30/h7,9-10,12-15,17,20-21H,6,8,11,16,18H2,1-5H3,(H,31,35). The van der Waals surface area contributed by atoms with Gasteiger partial charge in [0, 0.05) is 25.6 Å². The Morgan fingerprint density at radius 2 is 1.68 bits per heavy atom. The molecule has 0 spiro atoms. The number of alkyl halides is 3. The third-order valence-corrected chi connectivity index (χ3v) is 7.45. The summed E-state index contributed by atoms with van der Waals surface area (Å²) < 4.78 is 65.2. The molecule has 2 amide bonds. The lowest BCUT2D eigenvalue weighted by Crippen LogP contribution is -2.49. The number of hydrogen-bond acceptors (Lipinski definition) is 4. The molecule has 38 heavy (non-hydrogen) atoms. The summed E-state index contributed by atoms with van der Waals surface area (Å²) >= 11 is 0. The van der Waals surface area contributed by atoms with Crippen LogP contribution in [0.4, 0.5) is 18.9 Å². The molecular weight excluding hydrogens is 519 g/mol. The van der Waals surface area contributed by atoms with Crippen molar-refractivity contribution < 1.29 is 31.2 Å². The molecule has 2 aromatic rings. The highest BCUT2D eigenvalue weighted by molar-refractivity contribution is 7.92. The number of carbonyl (C=O) groups excluding carboxylic acids is 2. The normalized spacial score (nSPS) is 13.5. The molecule has 0 fully saturated rings. The predicted molar refractivity (Wildman–Crippen MR) is 142 cm³/mol. The van der Waals surface area contributed by atoms with Crippen molar-refractivity contribution in [1.82, 2.24) is 10.2 Å². The molecule has 210 valence electrons. The Kier molecular flexibility index (Phi) is 10.8. The smallest absolute Gasteiger partial charge is 0.352 e. The van der Waals surface area contributed by atoms with E-state index in [1.807, 2.05) is 45.0 Å². The molecule has 0 aliphatic heterocycles. The van der Waals surface area contributed by atoms with Gasteiger partial charge in [-0.05, 0) is 57.4 Å². The highest BCUT2D eigenvalue weighted by Gasteiger charge is 2.32. The van der Waals surface area contributed by atoms with Gasteiger partial charge in [0.2, 0.25) is 21.8 Å². The predicted octanol–water partition coefficient (Wildman–Crippen LogP) is 4.89. The molecule has 2 rings (SSSR count). The van der Waals surface area contributed by atoms with Crippen molar-refractivity contribution in [2.24, 2.45) is 0 Å². The number of halogens is 3. The van der Waals surface area contributed by atoms with Crippen molar-refractivity contribution in [2.45, 2.75) is 71.8 Å². The number of benzene rings is 2. The summed E-state index contributed by atoms with van der Waals surface area (Å²) in [4.78, 5) is 27.6. The first kappa shape index (κ1) is 31.1. The number of hydrogen-bond donors (Lipinski definition) is 1. The SMILES string of the molecule is CCC(C)NC(=O)C(C)N(Cc1ccc(C)cc1)C(=O)CCCN(c1cccc(C(F)(F)F)c1)S(C)(=O)=O. The van der Waals surface area contributed by atoms with E-state index in [1.54, 1.807) is 6.92 Å². The maximum atomic E-state index is 13.3. The molecule has 0 aliphatic rings. The average Bonchev–Trinajstić information content (AvgIpc) is 2.84. The zero-order valence-corrected chi connectivity index (χ0v) is 23.2. The van der Waals surface area contributed by atoms with Gasteiger partial charge >= 0.3 is 6.18 Å². The Labute approximate surface area is 223 Å². The van der Waals surface area contributed by atoms with Crippen LogP contribution in [-0.2, 0) is 32.3 Å². The van der Waals surface area contributed by atoms with Gasteiger partial charge in [-0.2, -0.15) is 13.2 Å². The molecule has 0 aromatic heterocycles. The van der Waals surface area contributed by atoms with Crippen molar-refractivity contribution in [3.8, 4) is 0 Å². The Morgan fingerprint density at radius 3 is 2.24 bits per heavy atom. The van der Waals surface area contributed by atoms with Crippen molar-refractivity contribution in [2.75, 3.05) is 17.1 Å². The fourth-order valence-corrected chi connectivity index (χ4v) is 4.74. The highest BCUT2D eigenvalue weighted by Crippen LogP contribution is 2.32. The Morgan fingerprint density at radius 1 is 1.05 bits per heavy atom. The zero-order chi connectivity index (χ0) is 28.7. The Bertz CT molecular complexity index is 1200. The first-order valence-electron chi connectivity index (χ1n) is 12.4. The van der Waals surface area contributed by atoms with Gasteiger partial charge in [0.25, 0.3) is 0 Å². The maximum absolute atomic E-state index is 13.3. The van der Waals surface area contributed by atoms with Crippen LogP contribution in [0.5, 0.6) is 0 Å². The molecule has 0 bridgehead atoms. The molecule has 0 heterocycles. The quantitative estimate of drug-likeness (QED) is 0.404. The van der Waals surface area contributed by atoms with Crippen LogP contribution in [0, 0.1) is 6.92 Å². The number of nitrogens with zero attached hydrogens (tertiary/aromatic N) is 2. The van der Waals surface area contributed by atoms with E-state index in [-0.39, 0.29) is 49.5 Å². The number of carbonyl (C=O) groups is 2. The topological polar surface area (TPSA) is 86.8 Å². The number of amides is 2. The second-order valence-electron chi connectivity index (χ2n) is 9.49. The molecular formula is C27H36F3N3O4S. The summed E-state index contributed by atoms with van der Waals surface area (Å²) in [5.74, 6) is -0.670. The number of sulfonamides is 1. The summed E-state index contributed by atoms with van der Waals surface area (Å²) in [7, 11) is -3.92. The minimum absolute atomic E-state index is 0.0479. The fraction of sp³-hybridized carbons (Fsp3) is 0.481. The molecule has 2 unspecified atom stereocenters. The number of nitrogens with one attached hydrogen (secondary N) is 1. The van der Waals surface area contributed by atoms with Crippen molar-refractivity contribution in [3.63, 3.8) is 0 Å². The van der Waals surface area contributed by atoms with E-state index in [1.165, 1.54) is 11.0 Å². The molecule has 2 aromatic carbocycles. The van der Waals surface area contributed by atoms with Gasteiger partial charge in [-0.1, -0.05) is 42.8 Å². The van der Waals surface area contributed by atoms with Gasteiger partial charge in [0.15, 0.2) is 0 Å². The maximum Gasteiger partial charge on any atom is 0.416 e. The minimum atomic E-state index is -4.63. The molecule has 7 nitrogen and oxygen atoms in total. The third kappa shape index (κ3) is 9.04. The van der Waals surface area contributed by atoms with E-state index in [2.05, 4.69) is 5.32 Å². The van der Waals surface area contributed by atoms with Crippen LogP contribution in [0.2, 0.25) is 0 Å². The van der Waals surface area contributed by atoms with Crippen LogP contribution in [0.3, 0.4) is 0 Å². The van der Waals surface area contributed by atoms with Gasteiger partial charge in [-0.15, -0.1) is 0 Å². The molecule has 0 saturated carbocycles. The van der Waals surface area contributed by atoms with E-state index in [0.29, 0.717) is 0 Å². The number of aryl methyl sites for hydroxylation is 1. The van der Waals surface area contributed by atoms with Crippen molar-refractivity contribution in [1.29, 1.82) is 0 Å². The first-order valence-corrected chi connectivity index (χ1v) is 14.3. The molecule has 2 atom stereocenters. The van der Waals surface area contributed by atoms with E-state index < -0.39 is 27.8 Å². The highest BCUT2D eigenvalue weighted by atomic mass is 32.2. The van der Waals surface area contributed by atoms with Crippen LogP contribution in [0.1, 0.15) is 56.7 Å². The molecule has 1 N–H and O–H groups in total. The van der Waals surface area contributed by atoms with Crippen LogP contribution in [-0.4, -0.2) is 50.0 Å². The number of rotatable bonds is 12. The van der Waals surface area contributed by atoms with E-state index >= 15 is 0 Å². The van der Waals surface area contributed by atoms with E-state index in [9.17, 15) is 31.2 Å². The second-order valence-corrected chi connectivity index (χ2v) is 11.4. The summed E-state index contributed by atoms with van der Waals surface area (Å²) in [6.07, 6.45) is -3.05. The lowest BCUT2D eigenvalue weighted by molar-refractivity contribution is -0.140. The van der Waals surface area contributed by atoms with E-state index in [0.717, 1.165) is 46.3 Å². The second kappa shape index (κ2) is 13.1. The molecule has 0 aliphatic carbocycles. The lowest BCUT2D eigenvalue weighted by atomic mass is 10.1. The lowest BCUT2D eigenvalue weighted by Gasteiger charge is -2.30. The van der Waals surface area contributed by atoms with Gasteiger partial charge in [-0.25, -0.2) is 8.42 Å². The average molecular weight is 556 g/mol. The Balaban J connectivity index is 2.21. The van der Waals surface area contributed by atoms with Crippen LogP contribution in [0.15, 0.2) is 48.5 Å². The third-order valence-electron chi connectivity index (χ3n) is 6.26. The minimum Gasteiger partial charge on any atom is -0.352 e. The summed E-state index contributed by atoms with van der Waals surface area (Å²) in [5, 5.41) is 2.88. The molecule has 0 saturated heterocycles. The van der Waals surface area contributed by atoms with Gasteiger partial charge in [0.1, 0.15) is 6.04 Å². The van der Waals surface area contributed by atoms with Crippen LogP contribution >= 0.6 is 0 Å². The first-order chi connectivity index (χ1) is 17.6. The van der Waals surface area contributed by atoms with Gasteiger partial charge in [0.05, 0.1) is 17.5 Å². The zero-order valence-electron chi connectivity index (χ0n) is 22.4. The van der Waals surface area contributed by atoms with Crippen molar-refractivity contribution >= 4 is 27.5 Å². The molecule has 11 heteroatoms. The van der Waals surface area contributed by atoms with E-state index in [4.69, 9.17) is 0 Å². The summed E-state index contributed by atoms with van der Waals surface area (Å²) in [6.45, 7) is 7.35. The summed E-state index contributed by atoms with van der Waals surface area (Å²) in [6, 6.07) is 10.7. The summed E-state index contributed by atoms with van der Waals surface area (Å²) in [5.41, 5.74) is 0.774. The van der Waals surface area contributed by atoms with Crippen LogP contribution in [0.25, 0.3) is 0 Å². The van der Waals surface area contributed by atoms with Gasteiger partial charge in [-0.3, -0.25) is 13.9 Å². The van der Waals surface area contributed by atoms with Gasteiger partial charge < -0.3 is 10.2 Å². The number of anilines is 1. The monoisotopic (exact) mass is 555 g/mol. The fourth-order valence-electron chi connectivity index (χ4n) is 3.78. The largest absolute Gasteiger partial charge is 0.416 e. The Hall–Kier alpha value is -3.08. The van der Waals surface area contributed by atoms with Crippen molar-refractivity contribution in [3.05, 3.63) is 65.2 Å².